The fourth-order valence-electron chi connectivity index (χ4n) is 2.01. The highest BCUT2D eigenvalue weighted by atomic mass is 35.5. The molecule has 1 aliphatic heterocycles. The number of benzene rings is 1. The fourth-order valence-corrected chi connectivity index (χ4v) is 3.32. The minimum Gasteiger partial charge on any atom is -0.495 e. The van der Waals surface area contributed by atoms with E-state index in [0.717, 1.165) is 28.3 Å². The molecule has 0 saturated heterocycles. The summed E-state index contributed by atoms with van der Waals surface area (Å²) in [5, 5.41) is 0.539. The minimum absolute atomic E-state index is 0.539. The third kappa shape index (κ3) is 2.24. The Bertz CT molecular complexity index is 648. The molecule has 0 fully saturated rings. The first-order valence-corrected chi connectivity index (χ1v) is 7.29. The molecule has 6 heteroatoms. The van der Waals surface area contributed by atoms with Crippen LogP contribution in [0.1, 0.15) is 11.3 Å². The standard InChI is InChI=1S/C13H12ClN3OS/c1-18-11-3-2-7(4-9(11)14)13-16-10-6-19-5-8(10)12(15)17-13/h2-4H,5-6H2,1H3,(H2,15,16,17). The number of anilines is 1. The Labute approximate surface area is 120 Å². The third-order valence-corrected chi connectivity index (χ3v) is 4.29. The zero-order chi connectivity index (χ0) is 13.4. The molecule has 2 heterocycles. The molecule has 19 heavy (non-hydrogen) atoms. The average Bonchev–Trinajstić information content (AvgIpc) is 2.87. The molecule has 1 aromatic carbocycles. The second kappa shape index (κ2) is 4.90. The zero-order valence-electron chi connectivity index (χ0n) is 10.3. The lowest BCUT2D eigenvalue weighted by molar-refractivity contribution is 0.415. The van der Waals surface area contributed by atoms with Crippen LogP contribution in [0, 0.1) is 0 Å². The summed E-state index contributed by atoms with van der Waals surface area (Å²) in [6.45, 7) is 0. The van der Waals surface area contributed by atoms with E-state index in [1.54, 1.807) is 31.0 Å². The highest BCUT2D eigenvalue weighted by molar-refractivity contribution is 7.98. The van der Waals surface area contributed by atoms with Crippen molar-refractivity contribution in [3.05, 3.63) is 34.5 Å². The zero-order valence-corrected chi connectivity index (χ0v) is 11.9. The van der Waals surface area contributed by atoms with E-state index < -0.39 is 0 Å². The number of halogens is 1. The van der Waals surface area contributed by atoms with Crippen LogP contribution >= 0.6 is 23.4 Å². The molecular formula is C13H12ClN3OS. The number of methoxy groups -OCH3 is 1. The van der Waals surface area contributed by atoms with Gasteiger partial charge in [-0.2, -0.15) is 11.8 Å². The minimum atomic E-state index is 0.539. The lowest BCUT2D eigenvalue weighted by Gasteiger charge is -2.08. The molecule has 98 valence electrons. The van der Waals surface area contributed by atoms with Gasteiger partial charge in [0.25, 0.3) is 0 Å². The summed E-state index contributed by atoms with van der Waals surface area (Å²) in [6, 6.07) is 5.48. The summed E-state index contributed by atoms with van der Waals surface area (Å²) in [5.74, 6) is 3.60. The Morgan fingerprint density at radius 1 is 1.32 bits per heavy atom. The lowest BCUT2D eigenvalue weighted by atomic mass is 10.2. The molecule has 2 aromatic rings. The first-order chi connectivity index (χ1) is 9.19. The van der Waals surface area contributed by atoms with E-state index in [1.807, 2.05) is 6.07 Å². The quantitative estimate of drug-likeness (QED) is 0.922. The number of hydrogen-bond acceptors (Lipinski definition) is 5. The summed E-state index contributed by atoms with van der Waals surface area (Å²) in [4.78, 5) is 8.94. The van der Waals surface area contributed by atoms with Crippen molar-refractivity contribution in [1.29, 1.82) is 0 Å². The molecule has 0 amide bonds. The lowest BCUT2D eigenvalue weighted by Crippen LogP contribution is -2.02. The monoisotopic (exact) mass is 293 g/mol. The molecule has 0 bridgehead atoms. The highest BCUT2D eigenvalue weighted by Crippen LogP contribution is 2.34. The van der Waals surface area contributed by atoms with Crippen molar-refractivity contribution in [1.82, 2.24) is 9.97 Å². The topological polar surface area (TPSA) is 61.0 Å². The van der Waals surface area contributed by atoms with Gasteiger partial charge in [0.05, 0.1) is 17.8 Å². The van der Waals surface area contributed by atoms with Crippen molar-refractivity contribution in [3.63, 3.8) is 0 Å². The predicted molar refractivity (Wildman–Crippen MR) is 78.4 cm³/mol. The Hall–Kier alpha value is -1.46. The second-order valence-electron chi connectivity index (χ2n) is 4.20. The summed E-state index contributed by atoms with van der Waals surface area (Å²) in [6.07, 6.45) is 0. The van der Waals surface area contributed by atoms with E-state index >= 15 is 0 Å². The Morgan fingerprint density at radius 3 is 2.89 bits per heavy atom. The molecule has 0 atom stereocenters. The smallest absolute Gasteiger partial charge is 0.161 e. The average molecular weight is 294 g/mol. The van der Waals surface area contributed by atoms with Crippen molar-refractivity contribution < 1.29 is 4.74 Å². The van der Waals surface area contributed by atoms with Crippen molar-refractivity contribution >= 4 is 29.2 Å². The first-order valence-electron chi connectivity index (χ1n) is 5.76. The molecule has 3 rings (SSSR count). The number of nitrogens with zero attached hydrogens (tertiary/aromatic N) is 2. The van der Waals surface area contributed by atoms with E-state index in [0.29, 0.717) is 22.4 Å². The molecule has 0 saturated carbocycles. The number of thioether (sulfide) groups is 1. The Balaban J connectivity index is 2.07. The van der Waals surface area contributed by atoms with Crippen molar-refractivity contribution in [2.45, 2.75) is 11.5 Å². The summed E-state index contributed by atoms with van der Waals surface area (Å²) in [5.41, 5.74) is 8.92. The van der Waals surface area contributed by atoms with Gasteiger partial charge >= 0.3 is 0 Å². The number of hydrogen-bond donors (Lipinski definition) is 1. The van der Waals surface area contributed by atoms with E-state index in [2.05, 4.69) is 9.97 Å². The molecular weight excluding hydrogens is 282 g/mol. The van der Waals surface area contributed by atoms with Gasteiger partial charge in [-0.05, 0) is 18.2 Å². The van der Waals surface area contributed by atoms with Gasteiger partial charge in [-0.15, -0.1) is 0 Å². The molecule has 4 nitrogen and oxygen atoms in total. The van der Waals surface area contributed by atoms with Gasteiger partial charge in [0.15, 0.2) is 5.82 Å². The van der Waals surface area contributed by atoms with Gasteiger partial charge < -0.3 is 10.5 Å². The SMILES string of the molecule is COc1ccc(-c2nc(N)c3c(n2)CSC3)cc1Cl. The van der Waals surface area contributed by atoms with E-state index in [1.165, 1.54) is 0 Å². The molecule has 0 radical (unpaired) electrons. The van der Waals surface area contributed by atoms with Gasteiger partial charge in [-0.25, -0.2) is 9.97 Å². The summed E-state index contributed by atoms with van der Waals surface area (Å²) < 4.78 is 5.13. The van der Waals surface area contributed by atoms with Gasteiger partial charge in [0.2, 0.25) is 0 Å². The maximum Gasteiger partial charge on any atom is 0.161 e. The largest absolute Gasteiger partial charge is 0.495 e. The molecule has 1 aliphatic rings. The van der Waals surface area contributed by atoms with Crippen LogP contribution in [-0.4, -0.2) is 17.1 Å². The van der Waals surface area contributed by atoms with E-state index in [9.17, 15) is 0 Å². The highest BCUT2D eigenvalue weighted by Gasteiger charge is 2.19. The molecule has 1 aromatic heterocycles. The second-order valence-corrected chi connectivity index (χ2v) is 5.59. The maximum atomic E-state index is 6.12. The molecule has 0 aliphatic carbocycles. The molecule has 2 N–H and O–H groups in total. The van der Waals surface area contributed by atoms with Gasteiger partial charge in [0, 0.05) is 22.6 Å². The number of rotatable bonds is 2. The first kappa shape index (κ1) is 12.6. The van der Waals surface area contributed by atoms with E-state index in [-0.39, 0.29) is 0 Å². The Morgan fingerprint density at radius 2 is 2.16 bits per heavy atom. The van der Waals surface area contributed by atoms with Gasteiger partial charge in [-0.1, -0.05) is 11.6 Å². The van der Waals surface area contributed by atoms with Crippen LogP contribution in [0.5, 0.6) is 5.75 Å². The van der Waals surface area contributed by atoms with Gasteiger partial charge in [0.1, 0.15) is 11.6 Å². The number of aromatic nitrogens is 2. The van der Waals surface area contributed by atoms with Crippen molar-refractivity contribution in [2.75, 3.05) is 12.8 Å². The normalized spacial score (nSPS) is 13.4. The van der Waals surface area contributed by atoms with Crippen LogP contribution in [0.4, 0.5) is 5.82 Å². The fraction of sp³-hybridized carbons (Fsp3) is 0.231. The number of ether oxygens (including phenoxy) is 1. The van der Waals surface area contributed by atoms with Crippen LogP contribution in [0.2, 0.25) is 5.02 Å². The van der Waals surface area contributed by atoms with Crippen LogP contribution < -0.4 is 10.5 Å². The van der Waals surface area contributed by atoms with Gasteiger partial charge in [-0.3, -0.25) is 0 Å². The van der Waals surface area contributed by atoms with Crippen molar-refractivity contribution in [3.8, 4) is 17.1 Å². The number of fused-ring (bicyclic) bond motifs is 1. The predicted octanol–water partition coefficient (Wildman–Crippen LogP) is 3.13. The molecule has 0 unspecified atom stereocenters. The summed E-state index contributed by atoms with van der Waals surface area (Å²) >= 11 is 7.92. The van der Waals surface area contributed by atoms with Crippen LogP contribution in [0.3, 0.4) is 0 Å². The number of nitrogens with two attached hydrogens (primary N) is 1. The van der Waals surface area contributed by atoms with Crippen molar-refractivity contribution in [2.24, 2.45) is 0 Å². The van der Waals surface area contributed by atoms with E-state index in [4.69, 9.17) is 22.1 Å². The van der Waals surface area contributed by atoms with Crippen LogP contribution in [0.15, 0.2) is 18.2 Å². The Kier molecular flexibility index (Phi) is 3.24. The third-order valence-electron chi connectivity index (χ3n) is 3.02. The molecule has 0 spiro atoms. The number of nitrogen functional groups attached to an aromatic ring is 1. The summed E-state index contributed by atoms with van der Waals surface area (Å²) in [7, 11) is 1.59. The van der Waals surface area contributed by atoms with Crippen LogP contribution in [0.25, 0.3) is 11.4 Å². The maximum absolute atomic E-state index is 6.12. The van der Waals surface area contributed by atoms with Crippen LogP contribution in [-0.2, 0) is 11.5 Å².